The van der Waals surface area contributed by atoms with Gasteiger partial charge in [0.15, 0.2) is 0 Å². The van der Waals surface area contributed by atoms with Gasteiger partial charge in [0.05, 0.1) is 12.3 Å². The van der Waals surface area contributed by atoms with Crippen LogP contribution in [0.5, 0.6) is 5.75 Å². The van der Waals surface area contributed by atoms with Crippen molar-refractivity contribution in [1.29, 1.82) is 0 Å². The number of pyridine rings is 1. The first kappa shape index (κ1) is 12.1. The van der Waals surface area contributed by atoms with Crippen LogP contribution < -0.4 is 10.5 Å². The topological polar surface area (TPSA) is 48.1 Å². The molecule has 0 radical (unpaired) electrons. The Bertz CT molecular complexity index is 494. The molecule has 0 unspecified atom stereocenters. The van der Waals surface area contributed by atoms with Gasteiger partial charge in [-0.05, 0) is 36.9 Å². The molecule has 17 heavy (non-hydrogen) atoms. The lowest BCUT2D eigenvalue weighted by molar-refractivity contribution is 0.241. The van der Waals surface area contributed by atoms with Gasteiger partial charge in [-0.25, -0.2) is 0 Å². The lowest BCUT2D eigenvalue weighted by Gasteiger charge is -2.10. The van der Waals surface area contributed by atoms with E-state index in [1.54, 1.807) is 17.5 Å². The van der Waals surface area contributed by atoms with Crippen LogP contribution in [0, 0.1) is 0 Å². The molecule has 0 aliphatic carbocycles. The normalized spacial score (nSPS) is 10.8. The summed E-state index contributed by atoms with van der Waals surface area (Å²) in [5.41, 5.74) is 7.92. The van der Waals surface area contributed by atoms with Gasteiger partial charge in [0, 0.05) is 23.2 Å². The van der Waals surface area contributed by atoms with E-state index >= 15 is 0 Å². The van der Waals surface area contributed by atoms with E-state index in [1.165, 1.54) is 4.88 Å². The molecule has 0 fully saturated rings. The number of hydrogen-bond donors (Lipinski definition) is 1. The lowest BCUT2D eigenvalue weighted by Crippen LogP contribution is -2.05. The van der Waals surface area contributed by atoms with E-state index in [9.17, 15) is 0 Å². The van der Waals surface area contributed by atoms with E-state index in [1.807, 2.05) is 31.5 Å². The van der Waals surface area contributed by atoms with Crippen LogP contribution in [0.2, 0.25) is 0 Å². The molecule has 2 rings (SSSR count). The molecule has 0 amide bonds. The van der Waals surface area contributed by atoms with Crippen molar-refractivity contribution in [2.75, 3.05) is 0 Å². The van der Waals surface area contributed by atoms with Gasteiger partial charge in [-0.2, -0.15) is 0 Å². The Labute approximate surface area is 105 Å². The minimum Gasteiger partial charge on any atom is -0.489 e. The number of aromatic nitrogens is 1. The molecule has 90 valence electrons. The number of nitrogens with zero attached hydrogens (tertiary/aromatic N) is 1. The standard InChI is InChI=1S/C13H16N2OS/c1-9(2)16-11-5-10(7-15-8-11)12-3-4-17-13(12)6-14/h3-5,7-9H,6,14H2,1-2H3. The van der Waals surface area contributed by atoms with Gasteiger partial charge >= 0.3 is 0 Å². The predicted molar refractivity (Wildman–Crippen MR) is 71.2 cm³/mol. The van der Waals surface area contributed by atoms with Gasteiger partial charge in [-0.3, -0.25) is 4.98 Å². The van der Waals surface area contributed by atoms with Crippen LogP contribution in [0.1, 0.15) is 18.7 Å². The highest BCUT2D eigenvalue weighted by molar-refractivity contribution is 7.10. The quantitative estimate of drug-likeness (QED) is 0.904. The smallest absolute Gasteiger partial charge is 0.138 e. The van der Waals surface area contributed by atoms with Crippen molar-refractivity contribution in [2.45, 2.75) is 26.5 Å². The SMILES string of the molecule is CC(C)Oc1cncc(-c2ccsc2CN)c1. The molecule has 4 heteroatoms. The summed E-state index contributed by atoms with van der Waals surface area (Å²) < 4.78 is 5.64. The highest BCUT2D eigenvalue weighted by Crippen LogP contribution is 2.29. The Morgan fingerprint density at radius 3 is 2.94 bits per heavy atom. The van der Waals surface area contributed by atoms with E-state index in [-0.39, 0.29) is 6.10 Å². The van der Waals surface area contributed by atoms with Crippen LogP contribution in [0.3, 0.4) is 0 Å². The maximum absolute atomic E-state index is 5.71. The van der Waals surface area contributed by atoms with Gasteiger partial charge in [0.1, 0.15) is 5.75 Å². The molecule has 0 aliphatic heterocycles. The molecule has 0 bridgehead atoms. The van der Waals surface area contributed by atoms with E-state index in [0.717, 1.165) is 16.9 Å². The van der Waals surface area contributed by atoms with Crippen LogP contribution in [-0.2, 0) is 6.54 Å². The molecular weight excluding hydrogens is 232 g/mol. The monoisotopic (exact) mass is 248 g/mol. The number of thiophene rings is 1. The number of hydrogen-bond acceptors (Lipinski definition) is 4. The van der Waals surface area contributed by atoms with Crippen molar-refractivity contribution in [2.24, 2.45) is 5.73 Å². The molecule has 0 atom stereocenters. The van der Waals surface area contributed by atoms with E-state index in [0.29, 0.717) is 6.54 Å². The third-order valence-corrected chi connectivity index (χ3v) is 3.27. The van der Waals surface area contributed by atoms with Crippen LogP contribution in [0.15, 0.2) is 29.9 Å². The average molecular weight is 248 g/mol. The Morgan fingerprint density at radius 2 is 2.24 bits per heavy atom. The highest BCUT2D eigenvalue weighted by Gasteiger charge is 2.07. The van der Waals surface area contributed by atoms with Crippen LogP contribution in [0.4, 0.5) is 0 Å². The molecule has 0 aromatic carbocycles. The van der Waals surface area contributed by atoms with Crippen molar-refractivity contribution in [3.8, 4) is 16.9 Å². The molecule has 0 aliphatic rings. The summed E-state index contributed by atoms with van der Waals surface area (Å²) in [5.74, 6) is 0.798. The molecule has 0 saturated heterocycles. The molecule has 0 saturated carbocycles. The third kappa shape index (κ3) is 2.84. The van der Waals surface area contributed by atoms with Crippen molar-refractivity contribution >= 4 is 11.3 Å². The fourth-order valence-corrected chi connectivity index (χ4v) is 2.44. The second kappa shape index (κ2) is 5.29. The first-order chi connectivity index (χ1) is 8.20. The molecule has 2 N–H and O–H groups in total. The van der Waals surface area contributed by atoms with Crippen molar-refractivity contribution in [3.63, 3.8) is 0 Å². The summed E-state index contributed by atoms with van der Waals surface area (Å²) in [7, 11) is 0. The Hall–Kier alpha value is -1.39. The summed E-state index contributed by atoms with van der Waals surface area (Å²) in [4.78, 5) is 5.38. The molecule has 0 spiro atoms. The Balaban J connectivity index is 2.33. The molecule has 3 nitrogen and oxygen atoms in total. The number of nitrogens with two attached hydrogens (primary N) is 1. The lowest BCUT2D eigenvalue weighted by atomic mass is 10.1. The zero-order valence-corrected chi connectivity index (χ0v) is 10.8. The van der Waals surface area contributed by atoms with Crippen molar-refractivity contribution in [1.82, 2.24) is 4.98 Å². The largest absolute Gasteiger partial charge is 0.489 e. The minimum atomic E-state index is 0.156. The summed E-state index contributed by atoms with van der Waals surface area (Å²) in [6, 6.07) is 4.08. The fourth-order valence-electron chi connectivity index (χ4n) is 1.66. The molecule has 2 aromatic rings. The molecule has 2 heterocycles. The van der Waals surface area contributed by atoms with Crippen molar-refractivity contribution in [3.05, 3.63) is 34.8 Å². The maximum atomic E-state index is 5.71. The second-order valence-corrected chi connectivity index (χ2v) is 5.04. The third-order valence-electron chi connectivity index (χ3n) is 2.33. The summed E-state index contributed by atoms with van der Waals surface area (Å²) in [5, 5.41) is 2.05. The van der Waals surface area contributed by atoms with Crippen LogP contribution in [-0.4, -0.2) is 11.1 Å². The van der Waals surface area contributed by atoms with Gasteiger partial charge in [0.25, 0.3) is 0 Å². The minimum absolute atomic E-state index is 0.156. The zero-order valence-electron chi connectivity index (χ0n) is 10.0. The summed E-state index contributed by atoms with van der Waals surface area (Å²) in [6.45, 7) is 4.56. The molecule has 2 aromatic heterocycles. The first-order valence-electron chi connectivity index (χ1n) is 5.59. The van der Waals surface area contributed by atoms with Gasteiger partial charge in [-0.1, -0.05) is 0 Å². The Kier molecular flexibility index (Phi) is 3.76. The van der Waals surface area contributed by atoms with E-state index in [2.05, 4.69) is 11.1 Å². The fraction of sp³-hybridized carbons (Fsp3) is 0.308. The Morgan fingerprint density at radius 1 is 1.41 bits per heavy atom. The van der Waals surface area contributed by atoms with Crippen molar-refractivity contribution < 1.29 is 4.74 Å². The average Bonchev–Trinajstić information content (AvgIpc) is 2.76. The maximum Gasteiger partial charge on any atom is 0.138 e. The van der Waals surface area contributed by atoms with Gasteiger partial charge in [0.2, 0.25) is 0 Å². The van der Waals surface area contributed by atoms with Crippen LogP contribution >= 0.6 is 11.3 Å². The zero-order chi connectivity index (χ0) is 12.3. The molecular formula is C13H16N2OS. The van der Waals surface area contributed by atoms with Gasteiger partial charge in [-0.15, -0.1) is 11.3 Å². The number of rotatable bonds is 4. The van der Waals surface area contributed by atoms with E-state index < -0.39 is 0 Å². The summed E-state index contributed by atoms with van der Waals surface area (Å²) >= 11 is 1.67. The second-order valence-electron chi connectivity index (χ2n) is 4.04. The van der Waals surface area contributed by atoms with Crippen LogP contribution in [0.25, 0.3) is 11.1 Å². The predicted octanol–water partition coefficient (Wildman–Crippen LogP) is 3.06. The number of ether oxygens (including phenoxy) is 1. The summed E-state index contributed by atoms with van der Waals surface area (Å²) in [6.07, 6.45) is 3.73. The first-order valence-corrected chi connectivity index (χ1v) is 6.47. The highest BCUT2D eigenvalue weighted by atomic mass is 32.1. The van der Waals surface area contributed by atoms with E-state index in [4.69, 9.17) is 10.5 Å². The van der Waals surface area contributed by atoms with Gasteiger partial charge < -0.3 is 10.5 Å².